The summed E-state index contributed by atoms with van der Waals surface area (Å²) in [5, 5.41) is 2.38. The van der Waals surface area contributed by atoms with Gasteiger partial charge in [0.15, 0.2) is 11.6 Å². The van der Waals surface area contributed by atoms with Crippen LogP contribution in [0.2, 0.25) is 0 Å². The SMILES string of the molecule is C=CC(=O)Nc1ccc(OCc2ccc(C(F)(F)F)nc2)c(F)c1. The van der Waals surface area contributed by atoms with E-state index in [0.717, 1.165) is 24.4 Å². The van der Waals surface area contributed by atoms with Crippen LogP contribution in [0.15, 0.2) is 49.2 Å². The molecule has 0 saturated carbocycles. The number of ether oxygens (including phenoxy) is 1. The van der Waals surface area contributed by atoms with Crippen LogP contribution in [0.1, 0.15) is 11.3 Å². The van der Waals surface area contributed by atoms with E-state index in [0.29, 0.717) is 5.56 Å². The van der Waals surface area contributed by atoms with Crippen molar-refractivity contribution in [2.24, 2.45) is 0 Å². The molecule has 0 bridgehead atoms. The Labute approximate surface area is 134 Å². The Hall–Kier alpha value is -2.90. The van der Waals surface area contributed by atoms with Crippen LogP contribution in [-0.2, 0) is 17.6 Å². The van der Waals surface area contributed by atoms with Gasteiger partial charge in [0.05, 0.1) is 0 Å². The molecule has 0 fully saturated rings. The molecule has 1 aromatic carbocycles. The van der Waals surface area contributed by atoms with E-state index in [1.807, 2.05) is 0 Å². The summed E-state index contributed by atoms with van der Waals surface area (Å²) in [5.74, 6) is -1.32. The van der Waals surface area contributed by atoms with Gasteiger partial charge in [-0.1, -0.05) is 12.6 Å². The fraction of sp³-hybridized carbons (Fsp3) is 0.125. The smallest absolute Gasteiger partial charge is 0.433 e. The molecule has 0 radical (unpaired) electrons. The van der Waals surface area contributed by atoms with Crippen molar-refractivity contribution in [1.29, 1.82) is 0 Å². The number of amides is 1. The van der Waals surface area contributed by atoms with Gasteiger partial charge in [0.2, 0.25) is 5.91 Å². The van der Waals surface area contributed by atoms with Crippen molar-refractivity contribution in [1.82, 2.24) is 4.98 Å². The van der Waals surface area contributed by atoms with Gasteiger partial charge < -0.3 is 10.1 Å². The van der Waals surface area contributed by atoms with Crippen molar-refractivity contribution in [2.75, 3.05) is 5.32 Å². The second-order valence-corrected chi connectivity index (χ2v) is 4.68. The first-order chi connectivity index (χ1) is 11.3. The maximum Gasteiger partial charge on any atom is 0.433 e. The fourth-order valence-electron chi connectivity index (χ4n) is 1.73. The van der Waals surface area contributed by atoms with Crippen molar-refractivity contribution < 1.29 is 27.1 Å². The lowest BCUT2D eigenvalue weighted by atomic mass is 10.2. The van der Waals surface area contributed by atoms with Gasteiger partial charge in [-0.3, -0.25) is 9.78 Å². The zero-order chi connectivity index (χ0) is 17.7. The summed E-state index contributed by atoms with van der Waals surface area (Å²) in [6.45, 7) is 3.12. The molecular weight excluding hydrogens is 328 g/mol. The summed E-state index contributed by atoms with van der Waals surface area (Å²) in [6.07, 6.45) is -2.46. The first-order valence-corrected chi connectivity index (χ1v) is 6.67. The normalized spacial score (nSPS) is 11.0. The molecule has 2 rings (SSSR count). The molecule has 0 spiro atoms. The van der Waals surface area contributed by atoms with Crippen LogP contribution >= 0.6 is 0 Å². The summed E-state index contributed by atoms with van der Waals surface area (Å²) >= 11 is 0. The molecule has 1 amide bonds. The lowest BCUT2D eigenvalue weighted by molar-refractivity contribution is -0.141. The number of pyridine rings is 1. The zero-order valence-corrected chi connectivity index (χ0v) is 12.2. The molecule has 0 aliphatic heterocycles. The van der Waals surface area contributed by atoms with Gasteiger partial charge in [0.1, 0.15) is 12.3 Å². The Morgan fingerprint density at radius 2 is 2.04 bits per heavy atom. The van der Waals surface area contributed by atoms with Gasteiger partial charge in [-0.25, -0.2) is 4.39 Å². The third-order valence-electron chi connectivity index (χ3n) is 2.89. The molecule has 1 N–H and O–H groups in total. The number of carbonyl (C=O) groups is 1. The van der Waals surface area contributed by atoms with Crippen molar-refractivity contribution in [2.45, 2.75) is 12.8 Å². The van der Waals surface area contributed by atoms with Crippen molar-refractivity contribution in [3.05, 3.63) is 66.3 Å². The number of anilines is 1. The minimum atomic E-state index is -4.52. The Kier molecular flexibility index (Phi) is 5.18. The molecule has 8 heteroatoms. The fourth-order valence-corrected chi connectivity index (χ4v) is 1.73. The van der Waals surface area contributed by atoms with Crippen molar-refractivity contribution in [3.8, 4) is 5.75 Å². The highest BCUT2D eigenvalue weighted by atomic mass is 19.4. The lowest BCUT2D eigenvalue weighted by Gasteiger charge is -2.10. The number of carbonyl (C=O) groups excluding carboxylic acids is 1. The topological polar surface area (TPSA) is 51.2 Å². The average Bonchev–Trinajstić information content (AvgIpc) is 2.53. The van der Waals surface area contributed by atoms with Crippen LogP contribution in [0.3, 0.4) is 0 Å². The van der Waals surface area contributed by atoms with E-state index < -0.39 is 23.6 Å². The Balaban J connectivity index is 2.01. The largest absolute Gasteiger partial charge is 0.486 e. The molecule has 0 aliphatic carbocycles. The van der Waals surface area contributed by atoms with E-state index in [1.165, 1.54) is 18.2 Å². The van der Waals surface area contributed by atoms with E-state index in [9.17, 15) is 22.4 Å². The van der Waals surface area contributed by atoms with Crippen molar-refractivity contribution >= 4 is 11.6 Å². The van der Waals surface area contributed by atoms with Crippen molar-refractivity contribution in [3.63, 3.8) is 0 Å². The van der Waals surface area contributed by atoms with E-state index >= 15 is 0 Å². The summed E-state index contributed by atoms with van der Waals surface area (Å²) < 4.78 is 56.3. The zero-order valence-electron chi connectivity index (χ0n) is 12.2. The van der Waals surface area contributed by atoms with Crippen LogP contribution in [0.25, 0.3) is 0 Å². The number of halogens is 4. The highest BCUT2D eigenvalue weighted by Gasteiger charge is 2.31. The average molecular weight is 340 g/mol. The van der Waals surface area contributed by atoms with E-state index in [4.69, 9.17) is 4.74 Å². The third-order valence-corrected chi connectivity index (χ3v) is 2.89. The highest BCUT2D eigenvalue weighted by molar-refractivity contribution is 5.98. The molecule has 4 nitrogen and oxygen atoms in total. The van der Waals surface area contributed by atoms with Gasteiger partial charge >= 0.3 is 6.18 Å². The Bertz CT molecular complexity index is 743. The van der Waals surface area contributed by atoms with Gasteiger partial charge in [0, 0.05) is 23.5 Å². The predicted octanol–water partition coefficient (Wildman–Crippen LogP) is 3.94. The molecule has 0 atom stereocenters. The highest BCUT2D eigenvalue weighted by Crippen LogP contribution is 2.27. The number of benzene rings is 1. The summed E-state index contributed by atoms with van der Waals surface area (Å²) in [4.78, 5) is 14.4. The number of aromatic nitrogens is 1. The van der Waals surface area contributed by atoms with E-state index in [2.05, 4.69) is 16.9 Å². The van der Waals surface area contributed by atoms with Gasteiger partial charge in [-0.2, -0.15) is 13.2 Å². The van der Waals surface area contributed by atoms with Crippen LogP contribution < -0.4 is 10.1 Å². The van der Waals surface area contributed by atoms with E-state index in [1.54, 1.807) is 0 Å². The minimum absolute atomic E-state index is 0.105. The monoisotopic (exact) mass is 340 g/mol. The maximum atomic E-state index is 13.9. The molecule has 1 heterocycles. The number of nitrogens with one attached hydrogen (secondary N) is 1. The molecule has 126 valence electrons. The number of rotatable bonds is 5. The summed E-state index contributed by atoms with van der Waals surface area (Å²) in [6, 6.07) is 5.80. The first kappa shape index (κ1) is 17.5. The molecule has 0 saturated heterocycles. The summed E-state index contributed by atoms with van der Waals surface area (Å²) in [7, 11) is 0. The van der Waals surface area contributed by atoms with E-state index in [-0.39, 0.29) is 18.0 Å². The predicted molar refractivity (Wildman–Crippen MR) is 78.8 cm³/mol. The number of hydrogen-bond acceptors (Lipinski definition) is 3. The van der Waals surface area contributed by atoms with Gasteiger partial charge in [-0.15, -0.1) is 0 Å². The lowest BCUT2D eigenvalue weighted by Crippen LogP contribution is -2.08. The van der Waals surface area contributed by atoms with Crippen LogP contribution in [0.4, 0.5) is 23.2 Å². The Morgan fingerprint density at radius 1 is 1.29 bits per heavy atom. The standard InChI is InChI=1S/C16H12F4N2O2/c1-2-15(23)22-11-4-5-13(12(17)7-11)24-9-10-3-6-14(21-8-10)16(18,19)20/h2-8H,1,9H2,(H,22,23). The van der Waals surface area contributed by atoms with Crippen LogP contribution in [0, 0.1) is 5.82 Å². The minimum Gasteiger partial charge on any atom is -0.486 e. The van der Waals surface area contributed by atoms with Crippen LogP contribution in [0.5, 0.6) is 5.75 Å². The van der Waals surface area contributed by atoms with Gasteiger partial charge in [0.25, 0.3) is 0 Å². The quantitative estimate of drug-likeness (QED) is 0.662. The molecule has 0 aliphatic rings. The van der Waals surface area contributed by atoms with Crippen LogP contribution in [-0.4, -0.2) is 10.9 Å². The summed E-state index contributed by atoms with van der Waals surface area (Å²) in [5.41, 5.74) is -0.438. The molecular formula is C16H12F4N2O2. The molecule has 1 aromatic heterocycles. The second-order valence-electron chi connectivity index (χ2n) is 4.68. The number of hydrogen-bond donors (Lipinski definition) is 1. The number of alkyl halides is 3. The second kappa shape index (κ2) is 7.12. The third kappa shape index (κ3) is 4.55. The van der Waals surface area contributed by atoms with Gasteiger partial charge in [-0.05, 0) is 24.3 Å². The maximum absolute atomic E-state index is 13.9. The molecule has 24 heavy (non-hydrogen) atoms. The molecule has 0 unspecified atom stereocenters. The molecule has 2 aromatic rings. The first-order valence-electron chi connectivity index (χ1n) is 6.67. The Morgan fingerprint density at radius 3 is 2.58 bits per heavy atom. The number of nitrogens with zero attached hydrogens (tertiary/aromatic N) is 1.